The topological polar surface area (TPSA) is 113 Å². The highest BCUT2D eigenvalue weighted by Gasteiger charge is 2.72. The van der Waals surface area contributed by atoms with Crippen molar-refractivity contribution in [3.05, 3.63) is 0 Å². The number of carboxylic acid groups (broad SMARTS) is 1. The Morgan fingerprint density at radius 3 is 2.15 bits per heavy atom. The number of ether oxygens (including phenoxy) is 2. The van der Waals surface area contributed by atoms with Crippen LogP contribution in [0, 0.1) is 45.3 Å². The molecule has 7 nitrogen and oxygen atoms in total. The standard InChI is InChI=1S/C33H54O7/c1-28(2)21-10-15-31(6)22(30(21,5)13-11-23(28)39-26(37)18-25(35)36)17-20(34)27-19(9-14-32(27,31)7)33(8)16-12-24(40-33)29(3,4)38/h19-24,27,34,38H,9-18H2,1-8H3,(H,35,36)/t19-,20+,21-,22+,23+,24+,27+,30-,31+,32+,33-/m0/s1. The number of hydrogen-bond donors (Lipinski definition) is 3. The predicted molar refractivity (Wildman–Crippen MR) is 151 cm³/mol. The second kappa shape index (κ2) is 9.41. The molecule has 1 aliphatic heterocycles. The molecule has 11 atom stereocenters. The van der Waals surface area contributed by atoms with E-state index in [4.69, 9.17) is 14.6 Å². The lowest BCUT2D eigenvalue weighted by Gasteiger charge is -2.70. The number of carboxylic acids is 1. The van der Waals surface area contributed by atoms with Gasteiger partial charge in [0.05, 0.1) is 23.4 Å². The molecule has 4 aliphatic carbocycles. The maximum atomic E-state index is 12.3. The van der Waals surface area contributed by atoms with Crippen molar-refractivity contribution >= 4 is 11.9 Å². The van der Waals surface area contributed by atoms with Gasteiger partial charge in [0.2, 0.25) is 0 Å². The molecule has 0 spiro atoms. The molecular weight excluding hydrogens is 508 g/mol. The Labute approximate surface area is 240 Å². The van der Waals surface area contributed by atoms with E-state index in [2.05, 4.69) is 41.5 Å². The third kappa shape index (κ3) is 4.30. The molecule has 4 saturated carbocycles. The summed E-state index contributed by atoms with van der Waals surface area (Å²) in [5.74, 6) is -0.694. The molecule has 0 aromatic heterocycles. The zero-order chi connectivity index (χ0) is 29.7. The summed E-state index contributed by atoms with van der Waals surface area (Å²) in [5.41, 5.74) is -1.42. The lowest BCUT2D eigenvalue weighted by atomic mass is 9.35. The molecule has 40 heavy (non-hydrogen) atoms. The van der Waals surface area contributed by atoms with Gasteiger partial charge in [-0.15, -0.1) is 0 Å². The molecular formula is C33H54O7. The van der Waals surface area contributed by atoms with Gasteiger partial charge < -0.3 is 24.8 Å². The fraction of sp³-hybridized carbons (Fsp3) is 0.939. The molecule has 0 aromatic carbocycles. The first-order valence-electron chi connectivity index (χ1n) is 15.8. The van der Waals surface area contributed by atoms with Crippen molar-refractivity contribution in [2.75, 3.05) is 0 Å². The molecule has 228 valence electrons. The van der Waals surface area contributed by atoms with Crippen molar-refractivity contribution in [3.8, 4) is 0 Å². The van der Waals surface area contributed by atoms with E-state index in [9.17, 15) is 19.8 Å². The molecule has 7 heteroatoms. The van der Waals surface area contributed by atoms with Crippen LogP contribution in [-0.2, 0) is 19.1 Å². The zero-order valence-corrected chi connectivity index (χ0v) is 26.1. The lowest BCUT2D eigenvalue weighted by molar-refractivity contribution is -0.251. The van der Waals surface area contributed by atoms with Gasteiger partial charge in [-0.3, -0.25) is 9.59 Å². The number of hydrogen-bond acceptors (Lipinski definition) is 6. The molecule has 5 fully saturated rings. The monoisotopic (exact) mass is 562 g/mol. The molecule has 5 aliphatic rings. The molecule has 1 saturated heterocycles. The van der Waals surface area contributed by atoms with Crippen molar-refractivity contribution in [2.45, 2.75) is 149 Å². The van der Waals surface area contributed by atoms with Crippen LogP contribution in [0.1, 0.15) is 120 Å². The molecule has 0 radical (unpaired) electrons. The smallest absolute Gasteiger partial charge is 0.317 e. The Bertz CT molecular complexity index is 1030. The summed E-state index contributed by atoms with van der Waals surface area (Å²) >= 11 is 0. The first kappa shape index (κ1) is 30.3. The Morgan fingerprint density at radius 1 is 0.900 bits per heavy atom. The largest absolute Gasteiger partial charge is 0.481 e. The average molecular weight is 563 g/mol. The number of aliphatic hydroxyl groups is 2. The fourth-order valence-electron chi connectivity index (χ4n) is 11.6. The molecule has 5 rings (SSSR count). The minimum absolute atomic E-state index is 0.000972. The van der Waals surface area contributed by atoms with E-state index in [1.54, 1.807) is 0 Å². The van der Waals surface area contributed by atoms with E-state index >= 15 is 0 Å². The maximum absolute atomic E-state index is 12.3. The summed E-state index contributed by atoms with van der Waals surface area (Å²) in [4.78, 5) is 23.4. The van der Waals surface area contributed by atoms with Crippen molar-refractivity contribution in [2.24, 2.45) is 45.3 Å². The minimum atomic E-state index is -1.15. The zero-order valence-electron chi connectivity index (χ0n) is 26.1. The first-order valence-corrected chi connectivity index (χ1v) is 15.8. The van der Waals surface area contributed by atoms with Crippen LogP contribution < -0.4 is 0 Å². The maximum Gasteiger partial charge on any atom is 0.317 e. The Morgan fingerprint density at radius 2 is 1.55 bits per heavy atom. The summed E-state index contributed by atoms with van der Waals surface area (Å²) in [6, 6.07) is 0. The second-order valence-electron chi connectivity index (χ2n) is 16.5. The SMILES string of the molecule is CC(C)(O)[C@H]1CC[C@@](C)([C@H]2CC[C@]3(C)[C@H]2[C@H](O)C[C@@H]2[C@@]4(C)CC[C@@H](OC(=O)CC(=O)O)C(C)(C)[C@@H]4CC[C@]23C)O1. The van der Waals surface area contributed by atoms with Crippen LogP contribution >= 0.6 is 0 Å². The van der Waals surface area contributed by atoms with E-state index < -0.39 is 30.1 Å². The molecule has 0 aromatic rings. The predicted octanol–water partition coefficient (Wildman–Crippen LogP) is 5.74. The van der Waals surface area contributed by atoms with Gasteiger partial charge in [0, 0.05) is 5.41 Å². The highest BCUT2D eigenvalue weighted by atomic mass is 16.5. The van der Waals surface area contributed by atoms with Crippen LogP contribution in [0.4, 0.5) is 0 Å². The van der Waals surface area contributed by atoms with Gasteiger partial charge >= 0.3 is 11.9 Å². The molecule has 0 bridgehead atoms. The van der Waals surface area contributed by atoms with Crippen LogP contribution in [0.25, 0.3) is 0 Å². The fourth-order valence-corrected chi connectivity index (χ4v) is 11.6. The van der Waals surface area contributed by atoms with E-state index in [0.29, 0.717) is 11.8 Å². The van der Waals surface area contributed by atoms with E-state index in [1.165, 1.54) is 0 Å². The van der Waals surface area contributed by atoms with Crippen molar-refractivity contribution in [3.63, 3.8) is 0 Å². The van der Waals surface area contributed by atoms with Gasteiger partial charge in [-0.05, 0) is 118 Å². The third-order valence-corrected chi connectivity index (χ3v) is 13.8. The van der Waals surface area contributed by atoms with Gasteiger partial charge in [-0.25, -0.2) is 0 Å². The number of carbonyl (C=O) groups is 2. The Balaban J connectivity index is 1.41. The highest BCUT2D eigenvalue weighted by molar-refractivity contribution is 5.90. The summed E-state index contributed by atoms with van der Waals surface area (Å²) in [7, 11) is 0. The quantitative estimate of drug-likeness (QED) is 0.289. The number of aliphatic hydroxyl groups excluding tert-OH is 1. The van der Waals surface area contributed by atoms with Crippen LogP contribution in [0.3, 0.4) is 0 Å². The van der Waals surface area contributed by atoms with Crippen molar-refractivity contribution in [1.82, 2.24) is 0 Å². The summed E-state index contributed by atoms with van der Waals surface area (Å²) in [5, 5.41) is 31.8. The van der Waals surface area contributed by atoms with Gasteiger partial charge in [-0.1, -0.05) is 34.6 Å². The van der Waals surface area contributed by atoms with Gasteiger partial charge in [-0.2, -0.15) is 0 Å². The van der Waals surface area contributed by atoms with Gasteiger partial charge in [0.15, 0.2) is 0 Å². The molecule has 3 N–H and O–H groups in total. The van der Waals surface area contributed by atoms with E-state index in [-0.39, 0.29) is 51.3 Å². The number of carbonyl (C=O) groups excluding carboxylic acids is 1. The summed E-state index contributed by atoms with van der Waals surface area (Å²) < 4.78 is 12.5. The number of fused-ring (bicyclic) bond motifs is 5. The first-order chi connectivity index (χ1) is 18.3. The number of rotatable bonds is 5. The van der Waals surface area contributed by atoms with Crippen LogP contribution in [0.2, 0.25) is 0 Å². The van der Waals surface area contributed by atoms with Gasteiger partial charge in [0.25, 0.3) is 0 Å². The normalized spacial score (nSPS) is 50.0. The Kier molecular flexibility index (Phi) is 7.12. The highest BCUT2D eigenvalue weighted by Crippen LogP contribution is 2.76. The second-order valence-corrected chi connectivity index (χ2v) is 16.5. The molecule has 0 amide bonds. The summed E-state index contributed by atoms with van der Waals surface area (Å²) in [6.45, 7) is 17.7. The van der Waals surface area contributed by atoms with Crippen LogP contribution in [-0.4, -0.2) is 56.8 Å². The van der Waals surface area contributed by atoms with Crippen molar-refractivity contribution < 1.29 is 34.4 Å². The van der Waals surface area contributed by atoms with Crippen LogP contribution in [0.15, 0.2) is 0 Å². The number of aliphatic carboxylic acids is 1. The number of esters is 1. The third-order valence-electron chi connectivity index (χ3n) is 13.8. The summed E-state index contributed by atoms with van der Waals surface area (Å²) in [6.07, 6.45) is 6.97. The minimum Gasteiger partial charge on any atom is -0.481 e. The van der Waals surface area contributed by atoms with Gasteiger partial charge in [0.1, 0.15) is 12.5 Å². The van der Waals surface area contributed by atoms with E-state index in [0.717, 1.165) is 57.8 Å². The average Bonchev–Trinajstić information content (AvgIpc) is 3.40. The van der Waals surface area contributed by atoms with E-state index in [1.807, 2.05) is 13.8 Å². The van der Waals surface area contributed by atoms with Crippen molar-refractivity contribution in [1.29, 1.82) is 0 Å². The Hall–Kier alpha value is -1.18. The molecule has 0 unspecified atom stereocenters. The lowest BCUT2D eigenvalue weighted by Crippen LogP contribution is -2.66. The molecule has 1 heterocycles. The van der Waals surface area contributed by atoms with Crippen LogP contribution in [0.5, 0.6) is 0 Å².